The Hall–Kier alpha value is -1.71. The van der Waals surface area contributed by atoms with Crippen LogP contribution in [0, 0.1) is 5.82 Å². The fourth-order valence-corrected chi connectivity index (χ4v) is 2.10. The van der Waals surface area contributed by atoms with Gasteiger partial charge in [-0.15, -0.1) is 0 Å². The van der Waals surface area contributed by atoms with Gasteiger partial charge in [-0.05, 0) is 28.8 Å². The molecule has 3 heteroatoms. The molecule has 0 aliphatic rings. The topological polar surface area (TPSA) is 29.5 Å². The number of ether oxygens (including phenoxy) is 1. The summed E-state index contributed by atoms with van der Waals surface area (Å²) in [6.07, 6.45) is -0.155. The molecule has 2 aromatic rings. The van der Waals surface area contributed by atoms with Crippen molar-refractivity contribution >= 4 is 0 Å². The summed E-state index contributed by atoms with van der Waals surface area (Å²) in [5, 5.41) is 10.3. The number of methoxy groups -OCH3 is 1. The quantitative estimate of drug-likeness (QED) is 0.894. The lowest BCUT2D eigenvalue weighted by molar-refractivity contribution is 0.161. The van der Waals surface area contributed by atoms with Gasteiger partial charge in [-0.3, -0.25) is 0 Å². The van der Waals surface area contributed by atoms with Crippen LogP contribution in [0.25, 0.3) is 0 Å². The lowest BCUT2D eigenvalue weighted by Crippen LogP contribution is -2.06. The molecule has 0 aliphatic heterocycles. The number of halogens is 1. The number of benzene rings is 2. The van der Waals surface area contributed by atoms with Gasteiger partial charge in [0.2, 0.25) is 0 Å². The molecular weight excluding hydrogens is 243 g/mol. The second-order valence-electron chi connectivity index (χ2n) is 4.48. The fourth-order valence-electron chi connectivity index (χ4n) is 2.10. The van der Waals surface area contributed by atoms with Gasteiger partial charge in [0.25, 0.3) is 0 Å². The molecule has 0 radical (unpaired) electrons. The van der Waals surface area contributed by atoms with Crippen molar-refractivity contribution in [3.05, 3.63) is 71.0 Å². The third-order valence-corrected chi connectivity index (χ3v) is 3.06. The number of hydrogen-bond acceptors (Lipinski definition) is 2. The predicted octanol–water partition coefficient (Wildman–Crippen LogP) is 3.25. The summed E-state index contributed by atoms with van der Waals surface area (Å²) in [5.74, 6) is -0.266. The van der Waals surface area contributed by atoms with Crippen LogP contribution in [-0.4, -0.2) is 12.2 Å². The Labute approximate surface area is 112 Å². The van der Waals surface area contributed by atoms with Gasteiger partial charge in [0, 0.05) is 13.5 Å². The van der Waals surface area contributed by atoms with Crippen molar-refractivity contribution in [2.75, 3.05) is 7.11 Å². The van der Waals surface area contributed by atoms with Crippen LogP contribution in [0.4, 0.5) is 4.39 Å². The number of aliphatic hydroxyl groups excluding tert-OH is 1. The van der Waals surface area contributed by atoms with E-state index in [4.69, 9.17) is 4.74 Å². The zero-order valence-corrected chi connectivity index (χ0v) is 10.8. The van der Waals surface area contributed by atoms with E-state index in [2.05, 4.69) is 0 Å². The van der Waals surface area contributed by atoms with Gasteiger partial charge < -0.3 is 9.84 Å². The van der Waals surface area contributed by atoms with E-state index in [1.165, 1.54) is 12.1 Å². The molecule has 2 aromatic carbocycles. The zero-order valence-electron chi connectivity index (χ0n) is 10.8. The normalized spacial score (nSPS) is 12.4. The first kappa shape index (κ1) is 13.7. The third-order valence-electron chi connectivity index (χ3n) is 3.06. The van der Waals surface area contributed by atoms with Gasteiger partial charge in [0.05, 0.1) is 12.7 Å². The molecule has 0 saturated carbocycles. The minimum absolute atomic E-state index is 0.266. The van der Waals surface area contributed by atoms with E-state index in [0.29, 0.717) is 13.0 Å². The summed E-state index contributed by atoms with van der Waals surface area (Å²) in [7, 11) is 1.63. The summed E-state index contributed by atoms with van der Waals surface area (Å²) in [5.41, 5.74) is 2.73. The lowest BCUT2D eigenvalue weighted by atomic mass is 9.97. The van der Waals surface area contributed by atoms with Crippen LogP contribution in [0.5, 0.6) is 0 Å². The second-order valence-corrected chi connectivity index (χ2v) is 4.48. The first-order chi connectivity index (χ1) is 9.20. The molecule has 0 fully saturated rings. The molecular formula is C16H17FO2. The van der Waals surface area contributed by atoms with E-state index in [1.807, 2.05) is 24.3 Å². The zero-order chi connectivity index (χ0) is 13.7. The number of rotatable bonds is 5. The molecule has 19 heavy (non-hydrogen) atoms. The number of hydrogen-bond donors (Lipinski definition) is 1. The van der Waals surface area contributed by atoms with E-state index in [9.17, 15) is 9.50 Å². The van der Waals surface area contributed by atoms with E-state index in [1.54, 1.807) is 19.2 Å². The van der Waals surface area contributed by atoms with Gasteiger partial charge in [0.1, 0.15) is 5.82 Å². The highest BCUT2D eigenvalue weighted by molar-refractivity contribution is 5.30. The number of aliphatic hydroxyl groups is 1. The predicted molar refractivity (Wildman–Crippen MR) is 72.2 cm³/mol. The van der Waals surface area contributed by atoms with Crippen LogP contribution in [0.3, 0.4) is 0 Å². The van der Waals surface area contributed by atoms with Crippen LogP contribution in [-0.2, 0) is 17.8 Å². The Bertz CT molecular complexity index is 523. The summed E-state index contributed by atoms with van der Waals surface area (Å²) in [4.78, 5) is 0. The van der Waals surface area contributed by atoms with Crippen molar-refractivity contribution in [2.24, 2.45) is 0 Å². The fraction of sp³-hybridized carbons (Fsp3) is 0.250. The molecule has 1 N–H and O–H groups in total. The first-order valence-corrected chi connectivity index (χ1v) is 6.20. The average Bonchev–Trinajstić information content (AvgIpc) is 2.42. The Morgan fingerprint density at radius 1 is 1.11 bits per heavy atom. The molecule has 0 saturated heterocycles. The molecule has 0 amide bonds. The molecule has 1 atom stereocenters. The maximum atomic E-state index is 12.8. The van der Waals surface area contributed by atoms with Crippen molar-refractivity contribution < 1.29 is 14.2 Å². The minimum Gasteiger partial charge on any atom is -0.388 e. The van der Waals surface area contributed by atoms with Crippen molar-refractivity contribution in [1.82, 2.24) is 0 Å². The summed E-state index contributed by atoms with van der Waals surface area (Å²) >= 11 is 0. The molecule has 0 bridgehead atoms. The van der Waals surface area contributed by atoms with Crippen molar-refractivity contribution in [3.8, 4) is 0 Å². The first-order valence-electron chi connectivity index (χ1n) is 6.20. The van der Waals surface area contributed by atoms with Crippen LogP contribution in [0.1, 0.15) is 22.8 Å². The maximum Gasteiger partial charge on any atom is 0.123 e. The molecule has 0 aliphatic carbocycles. The van der Waals surface area contributed by atoms with Crippen molar-refractivity contribution in [3.63, 3.8) is 0 Å². The van der Waals surface area contributed by atoms with E-state index in [0.717, 1.165) is 16.7 Å². The molecule has 100 valence electrons. The van der Waals surface area contributed by atoms with E-state index < -0.39 is 6.10 Å². The Morgan fingerprint density at radius 3 is 2.47 bits per heavy atom. The van der Waals surface area contributed by atoms with E-state index in [-0.39, 0.29) is 5.82 Å². The summed E-state index contributed by atoms with van der Waals surface area (Å²) < 4.78 is 18.0. The minimum atomic E-state index is -0.614. The second kappa shape index (κ2) is 6.45. The van der Waals surface area contributed by atoms with Gasteiger partial charge >= 0.3 is 0 Å². The Balaban J connectivity index is 2.15. The molecule has 2 rings (SSSR count). The molecule has 1 unspecified atom stereocenters. The summed E-state index contributed by atoms with van der Waals surface area (Å²) in [6.45, 7) is 0.469. The average molecular weight is 260 g/mol. The smallest absolute Gasteiger partial charge is 0.123 e. The highest BCUT2D eigenvalue weighted by Crippen LogP contribution is 2.22. The van der Waals surface area contributed by atoms with Gasteiger partial charge in [-0.2, -0.15) is 0 Å². The van der Waals surface area contributed by atoms with Crippen molar-refractivity contribution in [2.45, 2.75) is 19.1 Å². The van der Waals surface area contributed by atoms with Crippen LogP contribution >= 0.6 is 0 Å². The van der Waals surface area contributed by atoms with Crippen LogP contribution < -0.4 is 0 Å². The molecule has 0 spiro atoms. The molecule has 0 aromatic heterocycles. The lowest BCUT2D eigenvalue weighted by Gasteiger charge is -2.15. The van der Waals surface area contributed by atoms with Gasteiger partial charge in [0.15, 0.2) is 0 Å². The highest BCUT2D eigenvalue weighted by atomic mass is 19.1. The van der Waals surface area contributed by atoms with E-state index >= 15 is 0 Å². The summed E-state index contributed by atoms with van der Waals surface area (Å²) in [6, 6.07) is 13.8. The maximum absolute atomic E-state index is 12.8. The monoisotopic (exact) mass is 260 g/mol. The standard InChI is InChI=1S/C16H17FO2/c1-19-11-13-4-2-3-5-15(13)16(18)10-12-6-8-14(17)9-7-12/h2-9,16,18H,10-11H2,1H3. The Kier molecular flexibility index (Phi) is 4.66. The van der Waals surface area contributed by atoms with Gasteiger partial charge in [-0.25, -0.2) is 4.39 Å². The Morgan fingerprint density at radius 2 is 1.79 bits per heavy atom. The van der Waals surface area contributed by atoms with Crippen molar-refractivity contribution in [1.29, 1.82) is 0 Å². The van der Waals surface area contributed by atoms with Crippen LogP contribution in [0.15, 0.2) is 48.5 Å². The van der Waals surface area contributed by atoms with Crippen LogP contribution in [0.2, 0.25) is 0 Å². The van der Waals surface area contributed by atoms with Gasteiger partial charge in [-0.1, -0.05) is 36.4 Å². The molecule has 2 nitrogen and oxygen atoms in total. The highest BCUT2D eigenvalue weighted by Gasteiger charge is 2.12. The molecule has 0 heterocycles. The third kappa shape index (κ3) is 3.63. The largest absolute Gasteiger partial charge is 0.388 e. The SMILES string of the molecule is COCc1ccccc1C(O)Cc1ccc(F)cc1.